The molecule has 0 atom stereocenters. The predicted molar refractivity (Wildman–Crippen MR) is 265 cm³/mol. The minimum absolute atomic E-state index is 0.180. The SMILES string of the molecule is CC1(C)c2cc(-c3ccc4ccc5cccc6ccc3c4c56)ccc2-c2cc3c(cc21)-c1c(-c2ccccc2)cc(-c2ccc4ccc5cccc6ccc2c4c56)cc1C3(C)C. The van der Waals surface area contributed by atoms with E-state index in [1.54, 1.807) is 0 Å². The van der Waals surface area contributed by atoms with Gasteiger partial charge in [-0.25, -0.2) is 0 Å². The summed E-state index contributed by atoms with van der Waals surface area (Å²) < 4.78 is 0. The lowest BCUT2D eigenvalue weighted by molar-refractivity contribution is 0.652. The van der Waals surface area contributed by atoms with Crippen LogP contribution in [0.4, 0.5) is 0 Å². The number of rotatable bonds is 3. The van der Waals surface area contributed by atoms with Crippen molar-refractivity contribution in [3.8, 4) is 55.6 Å². The van der Waals surface area contributed by atoms with Gasteiger partial charge in [-0.2, -0.15) is 0 Å². The molecule has 0 heterocycles. The Labute approximate surface area is 361 Å². The second-order valence-corrected chi connectivity index (χ2v) is 19.2. The molecule has 290 valence electrons. The summed E-state index contributed by atoms with van der Waals surface area (Å²) in [5.41, 5.74) is 18.4. The molecule has 12 aromatic carbocycles. The Morgan fingerprint density at radius 1 is 0.258 bits per heavy atom. The fourth-order valence-electron chi connectivity index (χ4n) is 12.2. The smallest absolute Gasteiger partial charge is 0.0159 e. The van der Waals surface area contributed by atoms with Gasteiger partial charge in [0.25, 0.3) is 0 Å². The van der Waals surface area contributed by atoms with E-state index in [0.717, 1.165) is 0 Å². The first-order chi connectivity index (χ1) is 30.2. The van der Waals surface area contributed by atoms with E-state index < -0.39 is 0 Å². The molecule has 14 rings (SSSR count). The van der Waals surface area contributed by atoms with Gasteiger partial charge in [-0.05, 0) is 173 Å². The lowest BCUT2D eigenvalue weighted by atomic mass is 9.78. The lowest BCUT2D eigenvalue weighted by Gasteiger charge is -2.25. The van der Waals surface area contributed by atoms with Crippen molar-refractivity contribution in [1.29, 1.82) is 0 Å². The Kier molecular flexibility index (Phi) is 6.53. The molecule has 0 radical (unpaired) electrons. The highest BCUT2D eigenvalue weighted by atomic mass is 14.5. The van der Waals surface area contributed by atoms with Crippen LogP contribution >= 0.6 is 0 Å². The topological polar surface area (TPSA) is 0 Å². The van der Waals surface area contributed by atoms with E-state index in [1.165, 1.54) is 143 Å². The summed E-state index contributed by atoms with van der Waals surface area (Å²) >= 11 is 0. The van der Waals surface area contributed by atoms with Crippen LogP contribution in [0.1, 0.15) is 49.9 Å². The second-order valence-electron chi connectivity index (χ2n) is 19.2. The molecule has 0 heteroatoms. The summed E-state index contributed by atoms with van der Waals surface area (Å²) in [5.74, 6) is 0. The van der Waals surface area contributed by atoms with E-state index in [0.29, 0.717) is 0 Å². The third-order valence-electron chi connectivity index (χ3n) is 15.3. The monoisotopic (exact) mass is 786 g/mol. The van der Waals surface area contributed by atoms with Gasteiger partial charge < -0.3 is 0 Å². The molecule has 2 aliphatic carbocycles. The lowest BCUT2D eigenvalue weighted by Crippen LogP contribution is -2.17. The van der Waals surface area contributed by atoms with Gasteiger partial charge in [0.05, 0.1) is 0 Å². The Morgan fingerprint density at radius 3 is 1.32 bits per heavy atom. The van der Waals surface area contributed by atoms with Crippen molar-refractivity contribution >= 4 is 64.6 Å². The molecule has 0 unspecified atom stereocenters. The van der Waals surface area contributed by atoms with Gasteiger partial charge in [0.2, 0.25) is 0 Å². The largest absolute Gasteiger partial charge is 0.0622 e. The minimum Gasteiger partial charge on any atom is -0.0622 e. The van der Waals surface area contributed by atoms with Crippen molar-refractivity contribution in [2.45, 2.75) is 38.5 Å². The quantitative estimate of drug-likeness (QED) is 0.157. The summed E-state index contributed by atoms with van der Waals surface area (Å²) in [6.45, 7) is 9.78. The van der Waals surface area contributed by atoms with Gasteiger partial charge in [0.15, 0.2) is 0 Å². The van der Waals surface area contributed by atoms with E-state index in [2.05, 4.69) is 210 Å². The molecular formula is C62H42. The minimum atomic E-state index is -0.211. The van der Waals surface area contributed by atoms with Crippen LogP contribution in [0.3, 0.4) is 0 Å². The Morgan fingerprint density at radius 2 is 0.710 bits per heavy atom. The van der Waals surface area contributed by atoms with Crippen LogP contribution < -0.4 is 0 Å². The molecule has 0 N–H and O–H groups in total. The van der Waals surface area contributed by atoms with Crippen molar-refractivity contribution in [2.75, 3.05) is 0 Å². The summed E-state index contributed by atoms with van der Waals surface area (Å²) in [4.78, 5) is 0. The average Bonchev–Trinajstić information content (AvgIpc) is 3.67. The summed E-state index contributed by atoms with van der Waals surface area (Å²) in [6.07, 6.45) is 0. The Bertz CT molecular complexity index is 3860. The molecule has 0 spiro atoms. The zero-order chi connectivity index (χ0) is 41.2. The number of hydrogen-bond donors (Lipinski definition) is 0. The van der Waals surface area contributed by atoms with Crippen LogP contribution in [-0.2, 0) is 10.8 Å². The highest BCUT2D eigenvalue weighted by Crippen LogP contribution is 2.59. The van der Waals surface area contributed by atoms with Crippen LogP contribution in [0.25, 0.3) is 120 Å². The van der Waals surface area contributed by atoms with Crippen molar-refractivity contribution < 1.29 is 0 Å². The molecule has 0 aromatic heterocycles. The fourth-order valence-corrected chi connectivity index (χ4v) is 12.2. The van der Waals surface area contributed by atoms with Gasteiger partial charge in [0, 0.05) is 10.8 Å². The summed E-state index contributed by atoms with van der Waals surface area (Å²) in [5, 5.41) is 15.9. The van der Waals surface area contributed by atoms with Gasteiger partial charge >= 0.3 is 0 Å². The van der Waals surface area contributed by atoms with Crippen LogP contribution in [0, 0.1) is 0 Å². The van der Waals surface area contributed by atoms with Crippen LogP contribution in [0.5, 0.6) is 0 Å². The van der Waals surface area contributed by atoms with E-state index >= 15 is 0 Å². The molecule has 12 aromatic rings. The molecule has 2 aliphatic rings. The maximum Gasteiger partial charge on any atom is 0.0159 e. The summed E-state index contributed by atoms with van der Waals surface area (Å²) in [7, 11) is 0. The highest BCUT2D eigenvalue weighted by molar-refractivity contribution is 6.27. The normalized spacial score (nSPS) is 14.7. The molecule has 0 nitrogen and oxygen atoms in total. The molecule has 62 heavy (non-hydrogen) atoms. The second kappa shape index (κ2) is 11.8. The molecular weight excluding hydrogens is 745 g/mol. The fraction of sp³-hybridized carbons (Fsp3) is 0.0968. The van der Waals surface area contributed by atoms with Crippen molar-refractivity contribution in [1.82, 2.24) is 0 Å². The van der Waals surface area contributed by atoms with Crippen molar-refractivity contribution in [2.24, 2.45) is 0 Å². The van der Waals surface area contributed by atoms with Crippen LogP contribution in [0.15, 0.2) is 182 Å². The molecule has 0 saturated heterocycles. The van der Waals surface area contributed by atoms with E-state index in [-0.39, 0.29) is 10.8 Å². The maximum absolute atomic E-state index is 2.58. The van der Waals surface area contributed by atoms with Crippen molar-refractivity contribution in [3.63, 3.8) is 0 Å². The van der Waals surface area contributed by atoms with Crippen LogP contribution in [-0.4, -0.2) is 0 Å². The molecule has 0 saturated carbocycles. The third-order valence-corrected chi connectivity index (χ3v) is 15.3. The van der Waals surface area contributed by atoms with Gasteiger partial charge in [-0.3, -0.25) is 0 Å². The van der Waals surface area contributed by atoms with E-state index in [1.807, 2.05) is 0 Å². The number of benzene rings is 12. The van der Waals surface area contributed by atoms with Gasteiger partial charge in [0.1, 0.15) is 0 Å². The standard InChI is InChI=1S/C62H42/c1-61(2)52-31-42(44-25-20-40-18-16-36-12-8-14-38-22-28-47(44)58(40)56(36)38)24-27-46(52)50-33-54-51(34-53(50)61)60-49(35-10-6-5-7-11-35)30-43(32-55(60)62(54,3)4)45-26-21-41-19-17-37-13-9-15-39-23-29-48(45)59(41)57(37)39/h5-34H,1-4H3. The maximum atomic E-state index is 2.58. The first kappa shape index (κ1) is 34.4. The van der Waals surface area contributed by atoms with Crippen molar-refractivity contribution in [3.05, 3.63) is 204 Å². The summed E-state index contributed by atoms with van der Waals surface area (Å²) in [6, 6.07) is 69.7. The zero-order valence-electron chi connectivity index (χ0n) is 35.3. The Balaban J connectivity index is 0.952. The molecule has 0 aliphatic heterocycles. The predicted octanol–water partition coefficient (Wildman–Crippen LogP) is 17.1. The molecule has 0 amide bonds. The van der Waals surface area contributed by atoms with Gasteiger partial charge in [-0.15, -0.1) is 0 Å². The van der Waals surface area contributed by atoms with E-state index in [4.69, 9.17) is 0 Å². The average molecular weight is 787 g/mol. The number of hydrogen-bond acceptors (Lipinski definition) is 0. The molecule has 0 fully saturated rings. The Hall–Kier alpha value is -7.28. The van der Waals surface area contributed by atoms with Gasteiger partial charge in [-0.1, -0.05) is 179 Å². The third kappa shape index (κ3) is 4.37. The van der Waals surface area contributed by atoms with Crippen LogP contribution in [0.2, 0.25) is 0 Å². The zero-order valence-corrected chi connectivity index (χ0v) is 35.3. The first-order valence-electron chi connectivity index (χ1n) is 22.2. The number of fused-ring (bicyclic) bond motifs is 6. The van der Waals surface area contributed by atoms with E-state index in [9.17, 15) is 0 Å². The highest BCUT2D eigenvalue weighted by Gasteiger charge is 2.43. The molecule has 0 bridgehead atoms. The first-order valence-corrected chi connectivity index (χ1v) is 22.2.